The van der Waals surface area contributed by atoms with Crippen molar-refractivity contribution < 1.29 is 18.0 Å². The number of anilines is 1. The molecular weight excluding hydrogens is 438 g/mol. The van der Waals surface area contributed by atoms with Gasteiger partial charge >= 0.3 is 0 Å². The van der Waals surface area contributed by atoms with Gasteiger partial charge in [-0.15, -0.1) is 0 Å². The summed E-state index contributed by atoms with van der Waals surface area (Å²) in [5.41, 5.74) is 3.66. The van der Waals surface area contributed by atoms with Crippen molar-refractivity contribution in [3.63, 3.8) is 0 Å². The number of nitrogens with one attached hydrogen (secondary N) is 1. The van der Waals surface area contributed by atoms with Crippen LogP contribution in [-0.4, -0.2) is 50.5 Å². The zero-order valence-corrected chi connectivity index (χ0v) is 21.0. The molecule has 180 valence electrons. The van der Waals surface area contributed by atoms with Crippen LogP contribution in [0, 0.1) is 13.8 Å². The van der Waals surface area contributed by atoms with Crippen molar-refractivity contribution in [1.82, 2.24) is 10.2 Å². The number of carbonyl (C=O) groups excluding carboxylic acids is 2. The van der Waals surface area contributed by atoms with Gasteiger partial charge in [0.15, 0.2) is 0 Å². The largest absolute Gasteiger partial charge is 0.355 e. The van der Waals surface area contributed by atoms with Crippen LogP contribution in [0.15, 0.2) is 48.5 Å². The van der Waals surface area contributed by atoms with Crippen LogP contribution in [0.25, 0.3) is 0 Å². The first kappa shape index (κ1) is 26.4. The fourth-order valence-electron chi connectivity index (χ4n) is 3.51. The molecular formula is C25H35N3O4S. The molecule has 0 aliphatic carbocycles. The van der Waals surface area contributed by atoms with Gasteiger partial charge in [0.2, 0.25) is 21.8 Å². The Kier molecular flexibility index (Phi) is 9.46. The van der Waals surface area contributed by atoms with Crippen molar-refractivity contribution in [2.24, 2.45) is 0 Å². The third kappa shape index (κ3) is 7.89. The minimum absolute atomic E-state index is 0.132. The second kappa shape index (κ2) is 11.8. The third-order valence-electron chi connectivity index (χ3n) is 5.47. The Morgan fingerprint density at radius 1 is 0.970 bits per heavy atom. The molecule has 0 unspecified atom stereocenters. The van der Waals surface area contributed by atoms with Crippen LogP contribution >= 0.6 is 0 Å². The zero-order valence-electron chi connectivity index (χ0n) is 20.2. The number of rotatable bonds is 11. The Morgan fingerprint density at radius 3 is 2.03 bits per heavy atom. The summed E-state index contributed by atoms with van der Waals surface area (Å²) in [6.45, 7) is 8.45. The van der Waals surface area contributed by atoms with Gasteiger partial charge in [-0.25, -0.2) is 8.42 Å². The summed E-state index contributed by atoms with van der Waals surface area (Å²) in [4.78, 5) is 27.2. The zero-order chi connectivity index (χ0) is 24.6. The second-order valence-corrected chi connectivity index (χ2v) is 10.3. The number of sulfonamides is 1. The van der Waals surface area contributed by atoms with Crippen molar-refractivity contribution in [1.29, 1.82) is 0 Å². The molecule has 7 nitrogen and oxygen atoms in total. The first-order chi connectivity index (χ1) is 15.5. The molecule has 0 saturated carbocycles. The minimum Gasteiger partial charge on any atom is -0.355 e. The number of hydrogen-bond acceptors (Lipinski definition) is 4. The first-order valence-electron chi connectivity index (χ1n) is 11.2. The molecule has 0 aliphatic heterocycles. The molecule has 1 atom stereocenters. The van der Waals surface area contributed by atoms with Gasteiger partial charge < -0.3 is 10.2 Å². The predicted octanol–water partition coefficient (Wildman–Crippen LogP) is 3.40. The molecule has 0 saturated heterocycles. The van der Waals surface area contributed by atoms with E-state index in [9.17, 15) is 18.0 Å². The van der Waals surface area contributed by atoms with Crippen molar-refractivity contribution in [2.75, 3.05) is 23.7 Å². The predicted molar refractivity (Wildman–Crippen MR) is 132 cm³/mol. The molecule has 2 amide bonds. The van der Waals surface area contributed by atoms with Gasteiger partial charge in [-0.2, -0.15) is 0 Å². The Hall–Kier alpha value is -2.87. The fraction of sp³-hybridized carbons (Fsp3) is 0.440. The molecule has 8 heteroatoms. The second-order valence-electron chi connectivity index (χ2n) is 8.35. The lowest BCUT2D eigenvalue weighted by Gasteiger charge is -2.29. The molecule has 0 fully saturated rings. The highest BCUT2D eigenvalue weighted by Gasteiger charge is 2.26. The summed E-state index contributed by atoms with van der Waals surface area (Å²) in [5, 5.41) is 2.78. The number of hydrogen-bond donors (Lipinski definition) is 1. The minimum atomic E-state index is -3.49. The fourth-order valence-corrected chi connectivity index (χ4v) is 4.48. The molecule has 1 N–H and O–H groups in total. The standard InChI is InChI=1S/C25H35N3O4S/c1-6-26-25(30)21(4)27(18-22-13-9-19(2)10-14-22)24(29)8-7-17-28(33(5,31)32)23-15-11-20(3)12-16-23/h9-16,21H,6-8,17-18H2,1-5H3,(H,26,30)/t21-/m0/s1. The normalized spacial score (nSPS) is 12.2. The van der Waals surface area contributed by atoms with Crippen LogP contribution in [0.5, 0.6) is 0 Å². The Morgan fingerprint density at radius 2 is 1.52 bits per heavy atom. The lowest BCUT2D eigenvalue weighted by atomic mass is 10.1. The van der Waals surface area contributed by atoms with Crippen molar-refractivity contribution in [3.8, 4) is 0 Å². The van der Waals surface area contributed by atoms with Crippen molar-refractivity contribution in [3.05, 3.63) is 65.2 Å². The van der Waals surface area contributed by atoms with E-state index in [1.807, 2.05) is 57.2 Å². The topological polar surface area (TPSA) is 86.8 Å². The maximum atomic E-state index is 13.2. The molecule has 0 bridgehead atoms. The van der Waals surface area contributed by atoms with E-state index in [1.54, 1.807) is 24.0 Å². The van der Waals surface area contributed by atoms with Crippen LogP contribution in [-0.2, 0) is 26.2 Å². The molecule has 2 rings (SSSR count). The molecule has 2 aromatic rings. The van der Waals surface area contributed by atoms with Gasteiger partial charge in [-0.1, -0.05) is 47.5 Å². The van der Waals surface area contributed by atoms with Crippen molar-refractivity contribution in [2.45, 2.75) is 53.1 Å². The van der Waals surface area contributed by atoms with E-state index in [0.29, 0.717) is 25.2 Å². The molecule has 0 aliphatic rings. The van der Waals surface area contributed by atoms with E-state index >= 15 is 0 Å². The van der Waals surface area contributed by atoms with E-state index in [2.05, 4.69) is 5.32 Å². The number of aryl methyl sites for hydroxylation is 2. The Labute approximate surface area is 197 Å². The molecule has 2 aromatic carbocycles. The lowest BCUT2D eigenvalue weighted by molar-refractivity contribution is -0.140. The summed E-state index contributed by atoms with van der Waals surface area (Å²) in [6.07, 6.45) is 1.63. The Bertz CT molecular complexity index is 1030. The van der Waals surface area contributed by atoms with E-state index in [4.69, 9.17) is 0 Å². The average Bonchev–Trinajstić information content (AvgIpc) is 2.76. The van der Waals surface area contributed by atoms with E-state index in [1.165, 1.54) is 4.31 Å². The first-order valence-corrected chi connectivity index (χ1v) is 13.0. The third-order valence-corrected chi connectivity index (χ3v) is 6.66. The highest BCUT2D eigenvalue weighted by atomic mass is 32.2. The lowest BCUT2D eigenvalue weighted by Crippen LogP contribution is -2.47. The molecule has 0 heterocycles. The van der Waals surface area contributed by atoms with Gasteiger partial charge in [-0.05, 0) is 51.8 Å². The number of amides is 2. The van der Waals surface area contributed by atoms with Gasteiger partial charge in [0.1, 0.15) is 6.04 Å². The summed E-state index contributed by atoms with van der Waals surface area (Å²) in [7, 11) is -3.49. The number of nitrogens with zero attached hydrogens (tertiary/aromatic N) is 2. The molecule has 0 aromatic heterocycles. The summed E-state index contributed by atoms with van der Waals surface area (Å²) in [5.74, 6) is -0.401. The van der Waals surface area contributed by atoms with Crippen LogP contribution in [0.1, 0.15) is 43.4 Å². The van der Waals surface area contributed by atoms with Gasteiger partial charge in [0, 0.05) is 26.1 Å². The summed E-state index contributed by atoms with van der Waals surface area (Å²) < 4.78 is 26.0. The maximum Gasteiger partial charge on any atom is 0.242 e. The number of benzene rings is 2. The van der Waals surface area contributed by atoms with E-state index in [0.717, 1.165) is 22.9 Å². The highest BCUT2D eigenvalue weighted by molar-refractivity contribution is 7.92. The van der Waals surface area contributed by atoms with Crippen LogP contribution in [0.4, 0.5) is 5.69 Å². The molecule has 0 spiro atoms. The smallest absolute Gasteiger partial charge is 0.242 e. The molecule has 0 radical (unpaired) electrons. The van der Waals surface area contributed by atoms with Gasteiger partial charge in [0.25, 0.3) is 0 Å². The quantitative estimate of drug-likeness (QED) is 0.542. The SMILES string of the molecule is CCNC(=O)[C@H](C)N(Cc1ccc(C)cc1)C(=O)CCCN(c1ccc(C)cc1)S(C)(=O)=O. The van der Waals surface area contributed by atoms with Crippen LogP contribution in [0.2, 0.25) is 0 Å². The Balaban J connectivity index is 2.13. The molecule has 33 heavy (non-hydrogen) atoms. The number of carbonyl (C=O) groups is 2. The van der Waals surface area contributed by atoms with Crippen LogP contribution in [0.3, 0.4) is 0 Å². The van der Waals surface area contributed by atoms with Gasteiger partial charge in [-0.3, -0.25) is 13.9 Å². The van der Waals surface area contributed by atoms with Crippen molar-refractivity contribution >= 4 is 27.5 Å². The van der Waals surface area contributed by atoms with E-state index < -0.39 is 16.1 Å². The van der Waals surface area contributed by atoms with Crippen LogP contribution < -0.4 is 9.62 Å². The summed E-state index contributed by atoms with van der Waals surface area (Å²) >= 11 is 0. The monoisotopic (exact) mass is 473 g/mol. The highest BCUT2D eigenvalue weighted by Crippen LogP contribution is 2.20. The maximum absolute atomic E-state index is 13.2. The van der Waals surface area contributed by atoms with Gasteiger partial charge in [0.05, 0.1) is 11.9 Å². The van der Waals surface area contributed by atoms with E-state index in [-0.39, 0.29) is 24.8 Å². The number of likely N-dealkylation sites (N-methyl/N-ethyl adjacent to an activating group) is 1. The average molecular weight is 474 g/mol. The summed E-state index contributed by atoms with van der Waals surface area (Å²) in [6, 6.07) is 14.4.